The van der Waals surface area contributed by atoms with E-state index in [-0.39, 0.29) is 0 Å². The van der Waals surface area contributed by atoms with E-state index < -0.39 is 0 Å². The lowest BCUT2D eigenvalue weighted by atomic mass is 10.5. The van der Waals surface area contributed by atoms with Crippen molar-refractivity contribution in [3.8, 4) is 0 Å². The summed E-state index contributed by atoms with van der Waals surface area (Å²) >= 11 is 0. The highest BCUT2D eigenvalue weighted by Crippen LogP contribution is 1.70. The van der Waals surface area contributed by atoms with Crippen molar-refractivity contribution in [1.82, 2.24) is 0 Å². The van der Waals surface area contributed by atoms with Crippen molar-refractivity contribution in [2.75, 3.05) is 6.54 Å². The molecule has 0 aromatic rings. The molecule has 0 aliphatic rings. The molecule has 2 N–H and O–H groups in total. The lowest BCUT2D eigenvalue weighted by Crippen LogP contribution is -1.89. The van der Waals surface area contributed by atoms with Crippen LogP contribution in [0.15, 0.2) is 4.99 Å². The molecule has 0 heterocycles. The van der Waals surface area contributed by atoms with Crippen LogP contribution in [0.1, 0.15) is 6.42 Å². The fraction of sp³-hybridized carbons (Fsp3) is 0.500. The summed E-state index contributed by atoms with van der Waals surface area (Å²) in [5.74, 6) is 0. The number of nitrogens with zero attached hydrogens (tertiary/aromatic N) is 1. The molecule has 2 nitrogen and oxygen atoms in total. The van der Waals surface area contributed by atoms with Crippen LogP contribution in [0.5, 0.6) is 0 Å². The molecule has 2 heteroatoms. The molecule has 0 saturated heterocycles. The number of aliphatic imine (C=N–C) groups is 1. The van der Waals surface area contributed by atoms with Gasteiger partial charge in [-0.15, -0.1) is 0 Å². The van der Waals surface area contributed by atoms with Crippen LogP contribution in [0.2, 0.25) is 0 Å². The first-order valence-corrected chi connectivity index (χ1v) is 1.91. The molecule has 0 atom stereocenters. The van der Waals surface area contributed by atoms with Gasteiger partial charge in [-0.05, 0) is 0 Å². The summed E-state index contributed by atoms with van der Waals surface area (Å²) in [6.07, 6.45) is 2.12. The minimum absolute atomic E-state index is 0.747. The topological polar surface area (TPSA) is 38.4 Å². The zero-order chi connectivity index (χ0) is 4.83. The molecule has 0 bridgehead atoms. The van der Waals surface area contributed by atoms with Gasteiger partial charge in [-0.25, -0.2) is 0 Å². The van der Waals surface area contributed by atoms with Crippen LogP contribution in [0, 0.1) is 6.92 Å². The Morgan fingerprint density at radius 3 is 2.67 bits per heavy atom. The molecular weight excluding hydrogens is 76.1 g/mol. The summed E-state index contributed by atoms with van der Waals surface area (Å²) in [6, 6.07) is 0. The maximum absolute atomic E-state index is 4.90. The van der Waals surface area contributed by atoms with E-state index in [1.54, 1.807) is 0 Å². The van der Waals surface area contributed by atoms with Gasteiger partial charge in [0.15, 0.2) is 0 Å². The third kappa shape index (κ3) is 3.47. The van der Waals surface area contributed by atoms with E-state index in [9.17, 15) is 0 Å². The molecule has 0 rings (SSSR count). The smallest absolute Gasteiger partial charge is 0.0796 e. The maximum Gasteiger partial charge on any atom is 0.0796 e. The monoisotopic (exact) mass is 85.1 g/mol. The standard InChI is InChI=1S/C4H9N2/c1-2-3-6-4-5/h4H,1-3H2,(H2,5,6)/q-1. The van der Waals surface area contributed by atoms with Crippen LogP contribution < -0.4 is 5.73 Å². The summed E-state index contributed by atoms with van der Waals surface area (Å²) in [5.41, 5.74) is 4.90. The van der Waals surface area contributed by atoms with Crippen LogP contribution in [-0.4, -0.2) is 12.9 Å². The molecule has 0 unspecified atom stereocenters. The van der Waals surface area contributed by atoms with Gasteiger partial charge < -0.3 is 12.7 Å². The number of rotatable bonds is 2. The summed E-state index contributed by atoms with van der Waals surface area (Å²) in [6.45, 7) is 4.30. The molecular formula is C4H9N2-. The predicted octanol–water partition coefficient (Wildman–Crippen LogP) is 0.198. The maximum atomic E-state index is 4.90. The van der Waals surface area contributed by atoms with Crippen molar-refractivity contribution in [3.63, 3.8) is 0 Å². The van der Waals surface area contributed by atoms with Gasteiger partial charge in [0.1, 0.15) is 0 Å². The Balaban J connectivity index is 2.66. The van der Waals surface area contributed by atoms with Crippen molar-refractivity contribution < 1.29 is 0 Å². The Bertz CT molecular complexity index is 40.8. The molecule has 0 aliphatic heterocycles. The Hall–Kier alpha value is -0.530. The quantitative estimate of drug-likeness (QED) is 0.290. The number of hydrogen-bond donors (Lipinski definition) is 1. The average Bonchev–Trinajstić information content (AvgIpc) is 1.61. The lowest BCUT2D eigenvalue weighted by molar-refractivity contribution is 1.01. The average molecular weight is 85.1 g/mol. The van der Waals surface area contributed by atoms with Gasteiger partial charge in [0.2, 0.25) is 0 Å². The second-order valence-electron chi connectivity index (χ2n) is 0.909. The first-order valence-electron chi connectivity index (χ1n) is 1.91. The zero-order valence-corrected chi connectivity index (χ0v) is 3.72. The highest BCUT2D eigenvalue weighted by atomic mass is 14.8. The fourth-order valence-electron chi connectivity index (χ4n) is 0.166. The zero-order valence-electron chi connectivity index (χ0n) is 3.72. The molecule has 0 aromatic carbocycles. The highest BCUT2D eigenvalue weighted by Gasteiger charge is 1.58. The van der Waals surface area contributed by atoms with Crippen LogP contribution >= 0.6 is 0 Å². The molecule has 0 fully saturated rings. The van der Waals surface area contributed by atoms with Crippen LogP contribution in [-0.2, 0) is 0 Å². The van der Waals surface area contributed by atoms with E-state index in [0.717, 1.165) is 13.0 Å². The minimum Gasteiger partial charge on any atom is -0.390 e. The minimum atomic E-state index is 0.747. The second kappa shape index (κ2) is 4.47. The molecule has 0 aliphatic carbocycles. The summed E-state index contributed by atoms with van der Waals surface area (Å²) in [7, 11) is 0. The molecule has 0 radical (unpaired) electrons. The van der Waals surface area contributed by atoms with Crippen LogP contribution in [0.25, 0.3) is 0 Å². The van der Waals surface area contributed by atoms with E-state index in [1.807, 2.05) is 0 Å². The van der Waals surface area contributed by atoms with E-state index in [1.165, 1.54) is 6.34 Å². The van der Waals surface area contributed by atoms with Crippen molar-refractivity contribution >= 4 is 6.34 Å². The van der Waals surface area contributed by atoms with E-state index >= 15 is 0 Å². The van der Waals surface area contributed by atoms with Crippen molar-refractivity contribution in [2.45, 2.75) is 6.42 Å². The fourth-order valence-corrected chi connectivity index (χ4v) is 0.166. The Morgan fingerprint density at radius 2 is 2.50 bits per heavy atom. The van der Waals surface area contributed by atoms with Crippen molar-refractivity contribution in [3.05, 3.63) is 6.92 Å². The molecule has 0 spiro atoms. The second-order valence-corrected chi connectivity index (χ2v) is 0.909. The van der Waals surface area contributed by atoms with Gasteiger partial charge in [0, 0.05) is 6.54 Å². The molecule has 6 heavy (non-hydrogen) atoms. The Morgan fingerprint density at radius 1 is 1.83 bits per heavy atom. The third-order valence-corrected chi connectivity index (χ3v) is 0.393. The predicted molar refractivity (Wildman–Crippen MR) is 27.5 cm³/mol. The normalized spacial score (nSPS) is 10.2. The van der Waals surface area contributed by atoms with Gasteiger partial charge in [0.05, 0.1) is 6.34 Å². The number of nitrogens with two attached hydrogens (primary N) is 1. The third-order valence-electron chi connectivity index (χ3n) is 0.393. The van der Waals surface area contributed by atoms with Gasteiger partial charge in [-0.3, -0.25) is 4.99 Å². The van der Waals surface area contributed by atoms with Gasteiger partial charge in [-0.1, -0.05) is 0 Å². The highest BCUT2D eigenvalue weighted by molar-refractivity contribution is 5.50. The van der Waals surface area contributed by atoms with E-state index in [2.05, 4.69) is 11.9 Å². The number of hydrogen-bond acceptors (Lipinski definition) is 1. The summed E-state index contributed by atoms with van der Waals surface area (Å²) in [5, 5.41) is 0. The van der Waals surface area contributed by atoms with Gasteiger partial charge >= 0.3 is 0 Å². The van der Waals surface area contributed by atoms with Gasteiger partial charge in [0.25, 0.3) is 0 Å². The largest absolute Gasteiger partial charge is 0.390 e. The lowest BCUT2D eigenvalue weighted by Gasteiger charge is -1.84. The molecule has 36 valence electrons. The molecule has 0 amide bonds. The van der Waals surface area contributed by atoms with Crippen molar-refractivity contribution in [1.29, 1.82) is 0 Å². The van der Waals surface area contributed by atoms with Gasteiger partial charge in [-0.2, -0.15) is 6.42 Å². The molecule has 0 saturated carbocycles. The Labute approximate surface area is 38.1 Å². The first kappa shape index (κ1) is 5.47. The van der Waals surface area contributed by atoms with E-state index in [4.69, 9.17) is 5.73 Å². The van der Waals surface area contributed by atoms with Crippen LogP contribution in [0.4, 0.5) is 0 Å². The van der Waals surface area contributed by atoms with Crippen molar-refractivity contribution in [2.24, 2.45) is 10.7 Å². The Kier molecular flexibility index (Phi) is 4.08. The van der Waals surface area contributed by atoms with E-state index in [0.29, 0.717) is 0 Å². The summed E-state index contributed by atoms with van der Waals surface area (Å²) < 4.78 is 0. The van der Waals surface area contributed by atoms with Crippen LogP contribution in [0.3, 0.4) is 0 Å². The first-order chi connectivity index (χ1) is 2.91. The SMILES string of the molecule is [CH2-]CCN=CN. The molecule has 0 aromatic heterocycles. The summed E-state index contributed by atoms with van der Waals surface area (Å²) in [4.78, 5) is 3.68.